The molecular weight excluding hydrogens is 260 g/mol. The Balaban J connectivity index is 0. The summed E-state index contributed by atoms with van der Waals surface area (Å²) in [7, 11) is 5.87. The van der Waals surface area contributed by atoms with E-state index in [9.17, 15) is 0 Å². The van der Waals surface area contributed by atoms with Crippen molar-refractivity contribution < 1.29 is 0 Å². The Kier molecular flexibility index (Phi) is 16.2. The van der Waals surface area contributed by atoms with Gasteiger partial charge in [0.25, 0.3) is 0 Å². The molecule has 2 aliphatic rings. The molecule has 0 saturated carbocycles. The highest BCUT2D eigenvalue weighted by atomic mass is 15.1. The van der Waals surface area contributed by atoms with Gasteiger partial charge in [-0.1, -0.05) is 27.2 Å². The van der Waals surface area contributed by atoms with Gasteiger partial charge in [-0.15, -0.1) is 0 Å². The van der Waals surface area contributed by atoms with Crippen LogP contribution in [0.15, 0.2) is 0 Å². The molecule has 0 radical (unpaired) electrons. The van der Waals surface area contributed by atoms with E-state index in [0.29, 0.717) is 5.41 Å². The number of hydrogen-bond acceptors (Lipinski definition) is 4. The van der Waals surface area contributed by atoms with E-state index < -0.39 is 0 Å². The zero-order chi connectivity index (χ0) is 16.7. The molecule has 0 bridgehead atoms. The van der Waals surface area contributed by atoms with Crippen LogP contribution in [0, 0.1) is 5.41 Å². The van der Waals surface area contributed by atoms with Crippen molar-refractivity contribution in [2.24, 2.45) is 16.9 Å². The van der Waals surface area contributed by atoms with E-state index in [2.05, 4.69) is 36.6 Å². The second kappa shape index (κ2) is 14.8. The molecule has 2 heterocycles. The molecule has 0 aliphatic carbocycles. The number of likely N-dealkylation sites (tertiary alicyclic amines) is 2. The van der Waals surface area contributed by atoms with E-state index in [0.717, 1.165) is 6.54 Å². The summed E-state index contributed by atoms with van der Waals surface area (Å²) in [4.78, 5) is 4.76. The fourth-order valence-corrected chi connectivity index (χ4v) is 2.41. The van der Waals surface area contributed by atoms with Crippen molar-refractivity contribution in [2.75, 3.05) is 53.9 Å². The van der Waals surface area contributed by atoms with Crippen LogP contribution in [0.25, 0.3) is 0 Å². The van der Waals surface area contributed by atoms with Gasteiger partial charge in [-0.3, -0.25) is 0 Å². The monoisotopic (exact) mass is 302 g/mol. The van der Waals surface area contributed by atoms with Gasteiger partial charge in [0, 0.05) is 0 Å². The Bertz CT molecular complexity index is 195. The lowest BCUT2D eigenvalue weighted by Gasteiger charge is -2.36. The molecule has 0 spiro atoms. The molecule has 2 rings (SSSR count). The summed E-state index contributed by atoms with van der Waals surface area (Å²) in [6, 6.07) is 0. The summed E-state index contributed by atoms with van der Waals surface area (Å²) in [6.45, 7) is 12.2. The predicted molar refractivity (Wildman–Crippen MR) is 96.7 cm³/mol. The van der Waals surface area contributed by atoms with Crippen molar-refractivity contribution >= 4 is 0 Å². The minimum atomic E-state index is 0.437. The van der Waals surface area contributed by atoms with Crippen LogP contribution < -0.4 is 11.5 Å². The van der Waals surface area contributed by atoms with Crippen molar-refractivity contribution in [2.45, 2.75) is 52.9 Å². The topological polar surface area (TPSA) is 58.5 Å². The van der Waals surface area contributed by atoms with Crippen molar-refractivity contribution in [1.29, 1.82) is 0 Å². The summed E-state index contributed by atoms with van der Waals surface area (Å²) in [5, 5.41) is 0. The smallest absolute Gasteiger partial charge is 0.00161 e. The largest absolute Gasteiger partial charge is 0.333 e. The predicted octanol–water partition coefficient (Wildman–Crippen LogP) is 2.38. The van der Waals surface area contributed by atoms with Crippen molar-refractivity contribution in [3.8, 4) is 0 Å². The van der Waals surface area contributed by atoms with Gasteiger partial charge in [-0.2, -0.15) is 0 Å². The van der Waals surface area contributed by atoms with Gasteiger partial charge in [0.2, 0.25) is 0 Å². The first-order chi connectivity index (χ1) is 10.1. The highest BCUT2D eigenvalue weighted by Gasteiger charge is 2.26. The molecular formula is C17H42N4. The number of rotatable bonds is 1. The van der Waals surface area contributed by atoms with E-state index >= 15 is 0 Å². The van der Waals surface area contributed by atoms with Crippen LogP contribution in [0.3, 0.4) is 0 Å². The lowest BCUT2D eigenvalue weighted by Crippen LogP contribution is -2.40. The van der Waals surface area contributed by atoms with E-state index in [-0.39, 0.29) is 0 Å². The number of nitrogens with zero attached hydrogens (tertiary/aromatic N) is 2. The Morgan fingerprint density at radius 1 is 0.810 bits per heavy atom. The molecule has 0 aromatic heterocycles. The molecule has 21 heavy (non-hydrogen) atoms. The molecule has 2 aliphatic heterocycles. The van der Waals surface area contributed by atoms with Crippen LogP contribution >= 0.6 is 0 Å². The molecule has 2 fully saturated rings. The van der Waals surface area contributed by atoms with Crippen LogP contribution in [-0.2, 0) is 0 Å². The van der Waals surface area contributed by atoms with Crippen molar-refractivity contribution in [3.63, 3.8) is 0 Å². The minimum Gasteiger partial charge on any atom is -0.333 e. The van der Waals surface area contributed by atoms with Crippen LogP contribution in [0.2, 0.25) is 0 Å². The number of piperidine rings is 2. The summed E-state index contributed by atoms with van der Waals surface area (Å²) >= 11 is 0. The van der Waals surface area contributed by atoms with Crippen LogP contribution in [0.5, 0.6) is 0 Å². The quantitative estimate of drug-likeness (QED) is 0.781. The van der Waals surface area contributed by atoms with Gasteiger partial charge in [0.1, 0.15) is 0 Å². The third-order valence-electron chi connectivity index (χ3n) is 4.27. The fourth-order valence-electron chi connectivity index (χ4n) is 2.41. The molecule has 130 valence electrons. The first-order valence-corrected chi connectivity index (χ1v) is 8.71. The Hall–Kier alpha value is -0.160. The number of hydrogen-bond donors (Lipinski definition) is 2. The minimum absolute atomic E-state index is 0.437. The SMILES string of the molecule is CC.CN.CN1CCC(C)(CN)CC1.CN1CCCCC1. The second-order valence-corrected chi connectivity index (χ2v) is 6.18. The third-order valence-corrected chi connectivity index (χ3v) is 4.27. The molecule has 2 saturated heterocycles. The van der Waals surface area contributed by atoms with E-state index in [4.69, 9.17) is 5.73 Å². The van der Waals surface area contributed by atoms with Crippen LogP contribution in [-0.4, -0.2) is 63.7 Å². The average molecular weight is 303 g/mol. The fraction of sp³-hybridized carbons (Fsp3) is 1.00. The molecule has 0 amide bonds. The maximum absolute atomic E-state index is 5.66. The second-order valence-electron chi connectivity index (χ2n) is 6.18. The van der Waals surface area contributed by atoms with Gasteiger partial charge in [-0.25, -0.2) is 0 Å². The first kappa shape index (κ1) is 23.1. The molecule has 0 aromatic rings. The average Bonchev–Trinajstić information content (AvgIpc) is 2.56. The highest BCUT2D eigenvalue weighted by molar-refractivity contribution is 4.81. The van der Waals surface area contributed by atoms with E-state index in [1.807, 2.05) is 13.8 Å². The van der Waals surface area contributed by atoms with Gasteiger partial charge in [0.05, 0.1) is 0 Å². The molecule has 4 heteroatoms. The molecule has 4 N–H and O–H groups in total. The third kappa shape index (κ3) is 12.1. The first-order valence-electron chi connectivity index (χ1n) is 8.71. The van der Waals surface area contributed by atoms with Crippen molar-refractivity contribution in [1.82, 2.24) is 9.80 Å². The van der Waals surface area contributed by atoms with Crippen LogP contribution in [0.4, 0.5) is 0 Å². The Morgan fingerprint density at radius 3 is 1.48 bits per heavy atom. The molecule has 0 unspecified atom stereocenters. The van der Waals surface area contributed by atoms with Gasteiger partial charge >= 0.3 is 0 Å². The normalized spacial score (nSPS) is 21.7. The molecule has 0 atom stereocenters. The van der Waals surface area contributed by atoms with Crippen molar-refractivity contribution in [3.05, 3.63) is 0 Å². The Labute approximate surface area is 134 Å². The maximum atomic E-state index is 5.66. The van der Waals surface area contributed by atoms with E-state index in [1.54, 1.807) is 0 Å². The molecule has 0 aromatic carbocycles. The van der Waals surface area contributed by atoms with Gasteiger partial charge in [0.15, 0.2) is 0 Å². The summed E-state index contributed by atoms with van der Waals surface area (Å²) in [5.41, 5.74) is 10.6. The maximum Gasteiger partial charge on any atom is -0.00161 e. The summed E-state index contributed by atoms with van der Waals surface area (Å²) in [5.74, 6) is 0. The van der Waals surface area contributed by atoms with Gasteiger partial charge in [-0.05, 0) is 85.0 Å². The zero-order valence-electron chi connectivity index (χ0n) is 15.6. The van der Waals surface area contributed by atoms with Crippen LogP contribution in [0.1, 0.15) is 52.9 Å². The molecule has 4 nitrogen and oxygen atoms in total. The standard InChI is InChI=1S/C8H18N2.C6H13N.C2H6.CH5N/c1-8(7-9)3-5-10(2)6-4-8;1-7-5-3-2-4-6-7;2*1-2/h3-7,9H2,1-2H3;2-6H2,1H3;1-2H3;2H2,1H3. The van der Waals surface area contributed by atoms with E-state index in [1.165, 1.54) is 65.3 Å². The zero-order valence-corrected chi connectivity index (χ0v) is 15.6. The number of nitrogens with two attached hydrogens (primary N) is 2. The highest BCUT2D eigenvalue weighted by Crippen LogP contribution is 2.28. The van der Waals surface area contributed by atoms with Gasteiger partial charge < -0.3 is 21.3 Å². The Morgan fingerprint density at radius 2 is 1.19 bits per heavy atom. The summed E-state index contributed by atoms with van der Waals surface area (Å²) < 4.78 is 0. The lowest BCUT2D eigenvalue weighted by molar-refractivity contribution is 0.146. The summed E-state index contributed by atoms with van der Waals surface area (Å²) in [6.07, 6.45) is 6.80. The lowest BCUT2D eigenvalue weighted by atomic mass is 9.81.